The summed E-state index contributed by atoms with van der Waals surface area (Å²) in [6.07, 6.45) is 2.91. The van der Waals surface area contributed by atoms with Crippen LogP contribution in [0.3, 0.4) is 0 Å². The third kappa shape index (κ3) is 5.34. The molecule has 0 bridgehead atoms. The zero-order valence-electron chi connectivity index (χ0n) is 19.8. The van der Waals surface area contributed by atoms with E-state index < -0.39 is 12.1 Å². The molecule has 2 heterocycles. The molecule has 0 spiro atoms. The lowest BCUT2D eigenvalue weighted by Crippen LogP contribution is -2.49. The van der Waals surface area contributed by atoms with Crippen LogP contribution in [0.1, 0.15) is 36.9 Å². The van der Waals surface area contributed by atoms with Gasteiger partial charge in [-0.1, -0.05) is 24.3 Å². The Labute approximate surface area is 203 Å². The standard InChI is InChI=1S/C26H29N5O4/c1-16(32)30-23(19-5-3-6-20(14-19)35-2)26(34)31-12-4-7-22(31)25(33)29-15-17-8-9-21-18(13-17)10-11-28-24(21)27/h3,5-6,8-11,13-14,22-23H,4,7,12,15H2,1-2H3,(H2,27,28)(H,29,33)(H,30,32). The van der Waals surface area contributed by atoms with E-state index in [0.717, 1.165) is 16.3 Å². The lowest BCUT2D eigenvalue weighted by molar-refractivity contribution is -0.141. The van der Waals surface area contributed by atoms with Crippen LogP contribution in [0.2, 0.25) is 0 Å². The largest absolute Gasteiger partial charge is 0.497 e. The number of hydrogen-bond acceptors (Lipinski definition) is 6. The van der Waals surface area contributed by atoms with E-state index in [9.17, 15) is 14.4 Å². The topological polar surface area (TPSA) is 127 Å². The summed E-state index contributed by atoms with van der Waals surface area (Å²) in [4.78, 5) is 44.1. The molecule has 2 aromatic carbocycles. The van der Waals surface area contributed by atoms with Crippen molar-refractivity contribution in [2.45, 2.75) is 38.4 Å². The molecular weight excluding hydrogens is 446 g/mol. The monoisotopic (exact) mass is 475 g/mol. The van der Waals surface area contributed by atoms with Gasteiger partial charge in [-0.15, -0.1) is 0 Å². The highest BCUT2D eigenvalue weighted by Gasteiger charge is 2.38. The van der Waals surface area contributed by atoms with Crippen LogP contribution in [0.15, 0.2) is 54.7 Å². The van der Waals surface area contributed by atoms with Crippen molar-refractivity contribution in [1.82, 2.24) is 20.5 Å². The fourth-order valence-corrected chi connectivity index (χ4v) is 4.45. The average Bonchev–Trinajstić information content (AvgIpc) is 3.35. The van der Waals surface area contributed by atoms with Gasteiger partial charge in [0.25, 0.3) is 0 Å². The fourth-order valence-electron chi connectivity index (χ4n) is 4.45. The molecule has 1 aromatic heterocycles. The fraction of sp³-hybridized carbons (Fsp3) is 0.308. The molecule has 2 atom stereocenters. The molecule has 35 heavy (non-hydrogen) atoms. The van der Waals surface area contributed by atoms with Crippen molar-refractivity contribution in [3.05, 3.63) is 65.9 Å². The number of ether oxygens (including phenoxy) is 1. The number of carbonyl (C=O) groups is 3. The van der Waals surface area contributed by atoms with Gasteiger partial charge in [-0.3, -0.25) is 14.4 Å². The van der Waals surface area contributed by atoms with E-state index in [0.29, 0.717) is 43.1 Å². The molecule has 4 rings (SSSR count). The van der Waals surface area contributed by atoms with Gasteiger partial charge in [-0.25, -0.2) is 4.98 Å². The highest BCUT2D eigenvalue weighted by atomic mass is 16.5. The second kappa shape index (κ2) is 10.4. The SMILES string of the molecule is COc1cccc(C(NC(C)=O)C(=O)N2CCCC2C(=O)NCc2ccc3c(N)nccc3c2)c1. The Kier molecular flexibility index (Phi) is 7.14. The van der Waals surface area contributed by atoms with Gasteiger partial charge in [0.05, 0.1) is 7.11 Å². The smallest absolute Gasteiger partial charge is 0.250 e. The number of aromatic nitrogens is 1. The summed E-state index contributed by atoms with van der Waals surface area (Å²) in [6, 6.07) is 13.1. The number of methoxy groups -OCH3 is 1. The van der Waals surface area contributed by atoms with E-state index in [1.165, 1.54) is 14.0 Å². The van der Waals surface area contributed by atoms with Crippen molar-refractivity contribution in [2.75, 3.05) is 19.4 Å². The first-order valence-corrected chi connectivity index (χ1v) is 11.5. The molecule has 0 radical (unpaired) electrons. The molecule has 9 nitrogen and oxygen atoms in total. The molecule has 0 saturated carbocycles. The number of nitrogens with zero attached hydrogens (tertiary/aromatic N) is 2. The normalized spacial score (nSPS) is 16.1. The lowest BCUT2D eigenvalue weighted by atomic mass is 10.0. The number of pyridine rings is 1. The molecule has 3 aromatic rings. The van der Waals surface area contributed by atoms with Gasteiger partial charge in [0, 0.05) is 31.6 Å². The predicted octanol–water partition coefficient (Wildman–Crippen LogP) is 2.31. The van der Waals surface area contributed by atoms with Crippen LogP contribution in [-0.4, -0.2) is 47.3 Å². The first-order chi connectivity index (χ1) is 16.9. The molecule has 3 amide bonds. The molecule has 1 fully saturated rings. The van der Waals surface area contributed by atoms with Crippen LogP contribution >= 0.6 is 0 Å². The molecule has 1 aliphatic heterocycles. The van der Waals surface area contributed by atoms with Crippen molar-refractivity contribution in [2.24, 2.45) is 0 Å². The first-order valence-electron chi connectivity index (χ1n) is 11.5. The van der Waals surface area contributed by atoms with Gasteiger partial charge in [0.15, 0.2) is 0 Å². The number of rotatable bonds is 7. The Morgan fingerprint density at radius 1 is 1.20 bits per heavy atom. The van der Waals surface area contributed by atoms with Gasteiger partial charge in [-0.05, 0) is 53.6 Å². The van der Waals surface area contributed by atoms with Crippen LogP contribution in [0.5, 0.6) is 5.75 Å². The van der Waals surface area contributed by atoms with Gasteiger partial charge >= 0.3 is 0 Å². The van der Waals surface area contributed by atoms with Crippen molar-refractivity contribution < 1.29 is 19.1 Å². The summed E-state index contributed by atoms with van der Waals surface area (Å²) in [6.45, 7) is 2.13. The van der Waals surface area contributed by atoms with Crippen molar-refractivity contribution in [3.63, 3.8) is 0 Å². The molecule has 9 heteroatoms. The maximum atomic E-state index is 13.5. The number of anilines is 1. The zero-order valence-corrected chi connectivity index (χ0v) is 19.8. The minimum Gasteiger partial charge on any atom is -0.497 e. The van der Waals surface area contributed by atoms with Crippen LogP contribution in [-0.2, 0) is 20.9 Å². The maximum absolute atomic E-state index is 13.5. The van der Waals surface area contributed by atoms with Crippen LogP contribution < -0.4 is 21.1 Å². The van der Waals surface area contributed by atoms with Gasteiger partial charge in [-0.2, -0.15) is 0 Å². The maximum Gasteiger partial charge on any atom is 0.250 e. The molecule has 4 N–H and O–H groups in total. The Bertz CT molecular complexity index is 1260. The number of nitrogen functional groups attached to an aromatic ring is 1. The summed E-state index contributed by atoms with van der Waals surface area (Å²) in [5.41, 5.74) is 7.43. The Balaban J connectivity index is 1.48. The number of hydrogen-bond donors (Lipinski definition) is 3. The summed E-state index contributed by atoms with van der Waals surface area (Å²) < 4.78 is 5.27. The molecule has 0 aliphatic carbocycles. The predicted molar refractivity (Wildman–Crippen MR) is 132 cm³/mol. The van der Waals surface area contributed by atoms with Gasteiger partial charge in [0.2, 0.25) is 17.7 Å². The third-order valence-electron chi connectivity index (χ3n) is 6.19. The minimum atomic E-state index is -0.907. The molecule has 2 unspecified atom stereocenters. The number of likely N-dealkylation sites (tertiary alicyclic amines) is 1. The summed E-state index contributed by atoms with van der Waals surface area (Å²) in [7, 11) is 1.54. The van der Waals surface area contributed by atoms with Crippen LogP contribution in [0.25, 0.3) is 10.8 Å². The van der Waals surface area contributed by atoms with Crippen molar-refractivity contribution >= 4 is 34.3 Å². The number of nitrogens with one attached hydrogen (secondary N) is 2. The molecular formula is C26H29N5O4. The minimum absolute atomic E-state index is 0.225. The summed E-state index contributed by atoms with van der Waals surface area (Å²) in [5, 5.41) is 7.49. The zero-order chi connectivity index (χ0) is 24.9. The Morgan fingerprint density at radius 3 is 2.80 bits per heavy atom. The van der Waals surface area contributed by atoms with E-state index in [-0.39, 0.29) is 17.7 Å². The second-order valence-electron chi connectivity index (χ2n) is 8.57. The number of benzene rings is 2. The van der Waals surface area contributed by atoms with Crippen LogP contribution in [0.4, 0.5) is 5.82 Å². The number of carbonyl (C=O) groups excluding carboxylic acids is 3. The Hall–Kier alpha value is -4.14. The lowest BCUT2D eigenvalue weighted by Gasteiger charge is -2.29. The molecule has 182 valence electrons. The van der Waals surface area contributed by atoms with E-state index in [2.05, 4.69) is 15.6 Å². The highest BCUT2D eigenvalue weighted by Crippen LogP contribution is 2.26. The summed E-state index contributed by atoms with van der Waals surface area (Å²) >= 11 is 0. The number of fused-ring (bicyclic) bond motifs is 1. The highest BCUT2D eigenvalue weighted by molar-refractivity contribution is 5.93. The Morgan fingerprint density at radius 2 is 2.03 bits per heavy atom. The average molecular weight is 476 g/mol. The van der Waals surface area contributed by atoms with E-state index >= 15 is 0 Å². The van der Waals surface area contributed by atoms with Crippen LogP contribution in [0, 0.1) is 0 Å². The van der Waals surface area contributed by atoms with Crippen molar-refractivity contribution in [1.29, 1.82) is 0 Å². The quantitative estimate of drug-likeness (QED) is 0.481. The van der Waals surface area contributed by atoms with E-state index in [1.807, 2.05) is 24.3 Å². The van der Waals surface area contributed by atoms with E-state index in [4.69, 9.17) is 10.5 Å². The number of nitrogens with two attached hydrogens (primary N) is 1. The molecule has 1 saturated heterocycles. The molecule has 1 aliphatic rings. The first kappa shape index (κ1) is 24.0. The van der Waals surface area contributed by atoms with E-state index in [1.54, 1.807) is 35.4 Å². The summed E-state index contributed by atoms with van der Waals surface area (Å²) in [5.74, 6) is 0.160. The number of amides is 3. The van der Waals surface area contributed by atoms with Gasteiger partial charge < -0.3 is 26.0 Å². The third-order valence-corrected chi connectivity index (χ3v) is 6.19. The second-order valence-corrected chi connectivity index (χ2v) is 8.57. The van der Waals surface area contributed by atoms with Gasteiger partial charge in [0.1, 0.15) is 23.7 Å². The van der Waals surface area contributed by atoms with Crippen molar-refractivity contribution in [3.8, 4) is 5.75 Å².